The molecule has 0 heterocycles. The Morgan fingerprint density at radius 1 is 1.00 bits per heavy atom. The smallest absolute Gasteiger partial charge is 0.407 e. The molecule has 0 aliphatic heterocycles. The fraction of sp³-hybridized carbons (Fsp3) is 0.400. The van der Waals surface area contributed by atoms with Crippen molar-refractivity contribution in [2.75, 3.05) is 13.2 Å². The standard InChI is InChI=1S/C25H30N2O5/c1-25(2,3)12-13-26-23(30)21(14-22(28)29)27-24(31)32-15-20-18-10-6-4-8-16(18)17-9-5-7-11-19(17)20/h4-11,20-21H,12-15H2,1-3H3,(H,26,30)(H,27,31)(H,28,29). The van der Waals surface area contributed by atoms with Gasteiger partial charge in [0.25, 0.3) is 0 Å². The molecule has 32 heavy (non-hydrogen) atoms. The van der Waals surface area contributed by atoms with Crippen molar-refractivity contribution in [2.24, 2.45) is 5.41 Å². The van der Waals surface area contributed by atoms with E-state index in [1.165, 1.54) is 0 Å². The minimum atomic E-state index is -1.21. The summed E-state index contributed by atoms with van der Waals surface area (Å²) in [7, 11) is 0. The van der Waals surface area contributed by atoms with Gasteiger partial charge in [0.05, 0.1) is 6.42 Å². The number of fused-ring (bicyclic) bond motifs is 3. The van der Waals surface area contributed by atoms with Crippen molar-refractivity contribution in [3.8, 4) is 11.1 Å². The zero-order chi connectivity index (χ0) is 23.3. The number of rotatable bonds is 8. The molecule has 1 aliphatic rings. The van der Waals surface area contributed by atoms with Crippen LogP contribution in [0, 0.1) is 5.41 Å². The molecule has 170 valence electrons. The first kappa shape index (κ1) is 23.3. The monoisotopic (exact) mass is 438 g/mol. The Labute approximate surface area is 188 Å². The number of carbonyl (C=O) groups excluding carboxylic acids is 2. The van der Waals surface area contributed by atoms with Crippen molar-refractivity contribution in [3.05, 3.63) is 59.7 Å². The molecule has 0 spiro atoms. The summed E-state index contributed by atoms with van der Waals surface area (Å²) in [5.41, 5.74) is 4.39. The van der Waals surface area contributed by atoms with Crippen LogP contribution < -0.4 is 10.6 Å². The second kappa shape index (κ2) is 9.85. The van der Waals surface area contributed by atoms with Crippen LogP contribution in [0.5, 0.6) is 0 Å². The van der Waals surface area contributed by atoms with Crippen LogP contribution in [0.3, 0.4) is 0 Å². The molecule has 1 aliphatic carbocycles. The number of carbonyl (C=O) groups is 3. The molecular formula is C25H30N2O5. The van der Waals surface area contributed by atoms with Crippen molar-refractivity contribution in [3.63, 3.8) is 0 Å². The predicted molar refractivity (Wildman–Crippen MR) is 121 cm³/mol. The van der Waals surface area contributed by atoms with Crippen molar-refractivity contribution in [1.29, 1.82) is 0 Å². The molecule has 0 saturated heterocycles. The maximum absolute atomic E-state index is 12.4. The van der Waals surface area contributed by atoms with Crippen LogP contribution >= 0.6 is 0 Å². The van der Waals surface area contributed by atoms with Crippen LogP contribution in [0.15, 0.2) is 48.5 Å². The lowest BCUT2D eigenvalue weighted by Crippen LogP contribution is -2.48. The number of hydrogen-bond donors (Lipinski definition) is 3. The lowest BCUT2D eigenvalue weighted by Gasteiger charge is -2.21. The van der Waals surface area contributed by atoms with Gasteiger partial charge in [-0.05, 0) is 34.1 Å². The van der Waals surface area contributed by atoms with E-state index >= 15 is 0 Å². The van der Waals surface area contributed by atoms with Crippen molar-refractivity contribution >= 4 is 18.0 Å². The molecular weight excluding hydrogens is 408 g/mol. The molecule has 1 atom stereocenters. The molecule has 7 nitrogen and oxygen atoms in total. The van der Waals surface area contributed by atoms with E-state index in [1.54, 1.807) is 0 Å². The van der Waals surface area contributed by atoms with Crippen molar-refractivity contribution in [2.45, 2.75) is 45.6 Å². The highest BCUT2D eigenvalue weighted by Gasteiger charge is 2.30. The van der Waals surface area contributed by atoms with Gasteiger partial charge in [0.15, 0.2) is 0 Å². The summed E-state index contributed by atoms with van der Waals surface area (Å²) < 4.78 is 5.44. The van der Waals surface area contributed by atoms with E-state index in [9.17, 15) is 14.4 Å². The molecule has 0 fully saturated rings. The van der Waals surface area contributed by atoms with Gasteiger partial charge in [-0.2, -0.15) is 0 Å². The van der Waals surface area contributed by atoms with Gasteiger partial charge in [-0.3, -0.25) is 9.59 Å². The number of alkyl carbamates (subject to hydrolysis) is 1. The number of carboxylic acids is 1. The van der Waals surface area contributed by atoms with Gasteiger partial charge in [-0.1, -0.05) is 69.3 Å². The van der Waals surface area contributed by atoms with Gasteiger partial charge < -0.3 is 20.5 Å². The van der Waals surface area contributed by atoms with Crippen LogP contribution in [-0.4, -0.2) is 42.3 Å². The zero-order valence-corrected chi connectivity index (χ0v) is 18.7. The highest BCUT2D eigenvalue weighted by atomic mass is 16.5. The average molecular weight is 439 g/mol. The summed E-state index contributed by atoms with van der Waals surface area (Å²) in [6.07, 6.45) is -0.612. The lowest BCUT2D eigenvalue weighted by molar-refractivity contribution is -0.139. The molecule has 3 N–H and O–H groups in total. The number of hydrogen-bond acceptors (Lipinski definition) is 4. The van der Waals surface area contributed by atoms with Crippen molar-refractivity contribution < 1.29 is 24.2 Å². The van der Waals surface area contributed by atoms with Crippen LogP contribution in [0.25, 0.3) is 11.1 Å². The van der Waals surface area contributed by atoms with Gasteiger partial charge in [0.1, 0.15) is 12.6 Å². The first-order chi connectivity index (χ1) is 15.2. The second-order valence-corrected chi connectivity index (χ2v) is 9.22. The lowest BCUT2D eigenvalue weighted by atomic mass is 9.92. The Morgan fingerprint density at radius 3 is 2.09 bits per heavy atom. The first-order valence-corrected chi connectivity index (χ1v) is 10.8. The Kier molecular flexibility index (Phi) is 7.18. The number of benzene rings is 2. The molecule has 7 heteroatoms. The summed E-state index contributed by atoms with van der Waals surface area (Å²) in [4.78, 5) is 36.1. The Bertz CT molecular complexity index is 950. The van der Waals surface area contributed by atoms with Gasteiger partial charge in [0, 0.05) is 12.5 Å². The zero-order valence-electron chi connectivity index (χ0n) is 18.7. The Balaban J connectivity index is 1.62. The van der Waals surface area contributed by atoms with Gasteiger partial charge in [-0.25, -0.2) is 4.79 Å². The summed E-state index contributed by atoms with van der Waals surface area (Å²) >= 11 is 0. The fourth-order valence-electron chi connectivity index (χ4n) is 3.85. The third kappa shape index (κ3) is 5.87. The second-order valence-electron chi connectivity index (χ2n) is 9.22. The molecule has 2 aromatic rings. The molecule has 0 aromatic heterocycles. The number of carboxylic acid groups (broad SMARTS) is 1. The van der Waals surface area contributed by atoms with E-state index in [2.05, 4.69) is 10.6 Å². The topological polar surface area (TPSA) is 105 Å². The van der Waals surface area contributed by atoms with Crippen molar-refractivity contribution in [1.82, 2.24) is 10.6 Å². The largest absolute Gasteiger partial charge is 0.481 e. The van der Waals surface area contributed by atoms with E-state index in [1.807, 2.05) is 69.3 Å². The SMILES string of the molecule is CC(C)(C)CCNC(=O)C(CC(=O)O)NC(=O)OCC1c2ccccc2-c2ccccc21. The predicted octanol–water partition coefficient (Wildman–Crippen LogP) is 3.92. The van der Waals surface area contributed by atoms with E-state index in [-0.39, 0.29) is 17.9 Å². The highest BCUT2D eigenvalue weighted by molar-refractivity contribution is 5.89. The Hall–Kier alpha value is -3.35. The molecule has 3 rings (SSSR count). The normalized spacial score (nSPS) is 13.6. The van der Waals surface area contributed by atoms with Gasteiger partial charge in [0.2, 0.25) is 5.91 Å². The highest BCUT2D eigenvalue weighted by Crippen LogP contribution is 2.44. The summed E-state index contributed by atoms with van der Waals surface area (Å²) in [6, 6.07) is 14.7. The van der Waals surface area contributed by atoms with E-state index < -0.39 is 30.4 Å². The number of amides is 2. The summed E-state index contributed by atoms with van der Waals surface area (Å²) in [6.45, 7) is 6.62. The quantitative estimate of drug-likeness (QED) is 0.579. The van der Waals surface area contributed by atoms with Crippen LogP contribution in [0.1, 0.15) is 50.7 Å². The van der Waals surface area contributed by atoms with E-state index in [0.717, 1.165) is 28.7 Å². The van der Waals surface area contributed by atoms with Crippen LogP contribution in [-0.2, 0) is 14.3 Å². The number of nitrogens with one attached hydrogen (secondary N) is 2. The molecule has 0 radical (unpaired) electrons. The maximum Gasteiger partial charge on any atom is 0.407 e. The minimum absolute atomic E-state index is 0.0236. The third-order valence-corrected chi connectivity index (χ3v) is 5.51. The third-order valence-electron chi connectivity index (χ3n) is 5.51. The van der Waals surface area contributed by atoms with Crippen LogP contribution in [0.2, 0.25) is 0 Å². The molecule has 1 unspecified atom stereocenters. The van der Waals surface area contributed by atoms with E-state index in [4.69, 9.17) is 9.84 Å². The summed E-state index contributed by atoms with van der Waals surface area (Å²) in [5, 5.41) is 14.3. The molecule has 2 amide bonds. The molecule has 2 aromatic carbocycles. The van der Waals surface area contributed by atoms with Crippen LogP contribution in [0.4, 0.5) is 4.79 Å². The summed E-state index contributed by atoms with van der Waals surface area (Å²) in [5.74, 6) is -1.84. The number of ether oxygens (including phenoxy) is 1. The Morgan fingerprint density at radius 2 is 1.56 bits per heavy atom. The number of aliphatic carboxylic acids is 1. The average Bonchev–Trinajstić information content (AvgIpc) is 3.04. The maximum atomic E-state index is 12.4. The molecule has 0 saturated carbocycles. The fourth-order valence-corrected chi connectivity index (χ4v) is 3.85. The molecule has 0 bridgehead atoms. The van der Waals surface area contributed by atoms with Gasteiger partial charge >= 0.3 is 12.1 Å². The minimum Gasteiger partial charge on any atom is -0.481 e. The first-order valence-electron chi connectivity index (χ1n) is 10.8. The van der Waals surface area contributed by atoms with Gasteiger partial charge in [-0.15, -0.1) is 0 Å². The van der Waals surface area contributed by atoms with E-state index in [0.29, 0.717) is 6.54 Å².